The van der Waals surface area contributed by atoms with Gasteiger partial charge in [0, 0.05) is 10.7 Å². The second-order valence-corrected chi connectivity index (χ2v) is 7.15. The van der Waals surface area contributed by atoms with E-state index in [2.05, 4.69) is 22.2 Å². The zero-order chi connectivity index (χ0) is 20.9. The summed E-state index contributed by atoms with van der Waals surface area (Å²) in [5.41, 5.74) is 13.2. The molecule has 0 radical (unpaired) electrons. The molecule has 2 aromatic carbocycles. The van der Waals surface area contributed by atoms with Crippen LogP contribution < -0.4 is 21.5 Å². The smallest absolute Gasteiger partial charge is 0.223 e. The maximum Gasteiger partial charge on any atom is 0.223 e. The average molecular weight is 416 g/mol. The van der Waals surface area contributed by atoms with Crippen molar-refractivity contribution in [2.75, 3.05) is 11.9 Å². The molecule has 5 N–H and O–H groups in total. The summed E-state index contributed by atoms with van der Waals surface area (Å²) in [4.78, 5) is 8.22. The molecule has 29 heavy (non-hydrogen) atoms. The van der Waals surface area contributed by atoms with Crippen molar-refractivity contribution in [2.45, 2.75) is 45.4 Å². The molecule has 0 atom stereocenters. The highest BCUT2D eigenvalue weighted by Gasteiger charge is 2.00. The number of hydrogen-bond acceptors (Lipinski definition) is 2. The first-order valence-corrected chi connectivity index (χ1v) is 10.4. The van der Waals surface area contributed by atoms with Crippen molar-refractivity contribution in [1.82, 2.24) is 0 Å². The van der Waals surface area contributed by atoms with Gasteiger partial charge in [0.2, 0.25) is 11.9 Å². The lowest BCUT2D eigenvalue weighted by molar-refractivity contribution is 0.304. The van der Waals surface area contributed by atoms with Gasteiger partial charge in [-0.3, -0.25) is 0 Å². The lowest BCUT2D eigenvalue weighted by atomic mass is 10.1. The largest absolute Gasteiger partial charge is 0.494 e. The van der Waals surface area contributed by atoms with E-state index in [9.17, 15) is 0 Å². The van der Waals surface area contributed by atoms with Gasteiger partial charge in [0.05, 0.1) is 12.3 Å². The van der Waals surface area contributed by atoms with Crippen molar-refractivity contribution in [3.05, 3.63) is 53.6 Å². The number of ether oxygens (including phenoxy) is 1. The Morgan fingerprint density at radius 1 is 0.931 bits per heavy atom. The minimum Gasteiger partial charge on any atom is -0.494 e. The Labute approximate surface area is 178 Å². The van der Waals surface area contributed by atoms with E-state index in [1.54, 1.807) is 24.3 Å². The summed E-state index contributed by atoms with van der Waals surface area (Å²) in [5, 5.41) is 3.61. The van der Waals surface area contributed by atoms with Crippen molar-refractivity contribution in [3.63, 3.8) is 0 Å². The Morgan fingerprint density at radius 3 is 2.28 bits per heavy atom. The van der Waals surface area contributed by atoms with Gasteiger partial charge in [0.1, 0.15) is 5.75 Å². The molecule has 7 heteroatoms. The van der Waals surface area contributed by atoms with Gasteiger partial charge >= 0.3 is 0 Å². The fourth-order valence-corrected chi connectivity index (χ4v) is 2.81. The molecule has 0 aliphatic rings. The second-order valence-electron chi connectivity index (χ2n) is 6.71. The Balaban J connectivity index is 1.77. The number of guanidine groups is 2. The Morgan fingerprint density at radius 2 is 1.59 bits per heavy atom. The molecule has 0 spiro atoms. The number of nitrogens with one attached hydrogen (secondary N) is 1. The number of hydrogen-bond donors (Lipinski definition) is 3. The molecule has 0 saturated heterocycles. The lowest BCUT2D eigenvalue weighted by Crippen LogP contribution is -2.26. The first-order valence-electron chi connectivity index (χ1n) is 10.0. The van der Waals surface area contributed by atoms with Crippen LogP contribution in [0.2, 0.25) is 5.02 Å². The number of rotatable bonds is 10. The van der Waals surface area contributed by atoms with Crippen LogP contribution in [-0.2, 0) is 0 Å². The van der Waals surface area contributed by atoms with E-state index >= 15 is 0 Å². The predicted molar refractivity (Wildman–Crippen MR) is 123 cm³/mol. The normalized spacial score (nSPS) is 12.1. The van der Waals surface area contributed by atoms with E-state index in [4.69, 9.17) is 27.8 Å². The van der Waals surface area contributed by atoms with Gasteiger partial charge in [0.15, 0.2) is 0 Å². The summed E-state index contributed by atoms with van der Waals surface area (Å²) in [7, 11) is 0. The minimum absolute atomic E-state index is 0.0520. The van der Waals surface area contributed by atoms with Crippen LogP contribution in [0.5, 0.6) is 5.75 Å². The fourth-order valence-electron chi connectivity index (χ4n) is 2.68. The third kappa shape index (κ3) is 9.34. The van der Waals surface area contributed by atoms with E-state index in [1.165, 1.54) is 32.1 Å². The number of nitrogens with two attached hydrogens (primary N) is 2. The van der Waals surface area contributed by atoms with Gasteiger partial charge < -0.3 is 21.5 Å². The molecule has 2 aromatic rings. The van der Waals surface area contributed by atoms with Crippen LogP contribution in [0.4, 0.5) is 11.4 Å². The highest BCUT2D eigenvalue weighted by molar-refractivity contribution is 6.30. The van der Waals surface area contributed by atoms with E-state index in [-0.39, 0.29) is 11.9 Å². The van der Waals surface area contributed by atoms with Crippen LogP contribution in [0.1, 0.15) is 45.4 Å². The molecule has 0 bridgehead atoms. The fraction of sp³-hybridized carbons (Fsp3) is 0.364. The SMILES string of the molecule is CCCCCCCCOc1ccc(N/C(N)=N/C(N)=Nc2ccc(Cl)cc2)cc1. The second kappa shape index (κ2) is 12.7. The molecular formula is C22H30ClN5O. The molecule has 0 amide bonds. The van der Waals surface area contributed by atoms with Crippen molar-refractivity contribution < 1.29 is 4.74 Å². The van der Waals surface area contributed by atoms with E-state index in [1.807, 2.05) is 24.3 Å². The lowest BCUT2D eigenvalue weighted by Gasteiger charge is -2.08. The molecule has 0 fully saturated rings. The van der Waals surface area contributed by atoms with Crippen molar-refractivity contribution in [3.8, 4) is 5.75 Å². The summed E-state index contributed by atoms with van der Waals surface area (Å²) in [6.07, 6.45) is 7.48. The predicted octanol–water partition coefficient (Wildman–Crippen LogP) is 5.45. The monoisotopic (exact) mass is 415 g/mol. The molecule has 156 valence electrons. The number of anilines is 1. The van der Waals surface area contributed by atoms with Crippen molar-refractivity contribution in [1.29, 1.82) is 0 Å². The van der Waals surface area contributed by atoms with Crippen molar-refractivity contribution in [2.24, 2.45) is 21.5 Å². The summed E-state index contributed by atoms with van der Waals surface area (Å²) < 4.78 is 5.77. The number of aliphatic imine (C=N–C) groups is 2. The van der Waals surface area contributed by atoms with Gasteiger partial charge in [-0.2, -0.15) is 4.99 Å². The van der Waals surface area contributed by atoms with Crippen LogP contribution in [0.3, 0.4) is 0 Å². The average Bonchev–Trinajstić information content (AvgIpc) is 2.70. The Bertz CT molecular complexity index is 788. The van der Waals surface area contributed by atoms with Gasteiger partial charge in [-0.25, -0.2) is 4.99 Å². The summed E-state index contributed by atoms with van der Waals surface area (Å²) in [5.74, 6) is 1.04. The van der Waals surface area contributed by atoms with Gasteiger partial charge in [-0.15, -0.1) is 0 Å². The number of halogens is 1. The van der Waals surface area contributed by atoms with Gasteiger partial charge in [-0.1, -0.05) is 50.6 Å². The maximum absolute atomic E-state index is 5.90. The standard InChI is InChI=1S/C22H30ClN5O/c1-2-3-4-5-6-7-16-29-20-14-12-19(13-15-20)27-22(25)28-21(24)26-18-10-8-17(23)9-11-18/h8-15H,2-7,16H2,1H3,(H5,24,25,26,27,28). The van der Waals surface area contributed by atoms with E-state index in [0.717, 1.165) is 24.5 Å². The molecule has 0 unspecified atom stereocenters. The molecule has 0 aromatic heterocycles. The first kappa shape index (κ1) is 22.6. The molecule has 0 saturated carbocycles. The van der Waals surface area contributed by atoms with Gasteiger partial charge in [-0.05, 0) is 55.0 Å². The third-order valence-corrected chi connectivity index (χ3v) is 4.45. The molecule has 6 nitrogen and oxygen atoms in total. The molecular weight excluding hydrogens is 386 g/mol. The Hall–Kier alpha value is -2.73. The Kier molecular flexibility index (Phi) is 9.86. The van der Waals surface area contributed by atoms with Crippen LogP contribution in [-0.4, -0.2) is 18.5 Å². The third-order valence-electron chi connectivity index (χ3n) is 4.20. The van der Waals surface area contributed by atoms with E-state index < -0.39 is 0 Å². The summed E-state index contributed by atoms with van der Waals surface area (Å²) >= 11 is 5.85. The van der Waals surface area contributed by atoms with Crippen molar-refractivity contribution >= 4 is 34.9 Å². The molecule has 0 heterocycles. The highest BCUT2D eigenvalue weighted by atomic mass is 35.5. The van der Waals surface area contributed by atoms with Crippen LogP contribution in [0.25, 0.3) is 0 Å². The first-order chi connectivity index (χ1) is 14.1. The zero-order valence-corrected chi connectivity index (χ0v) is 17.7. The van der Waals surface area contributed by atoms with Crippen LogP contribution in [0.15, 0.2) is 58.5 Å². The topological polar surface area (TPSA) is 98.0 Å². The highest BCUT2D eigenvalue weighted by Crippen LogP contribution is 2.17. The van der Waals surface area contributed by atoms with Crippen LogP contribution >= 0.6 is 11.6 Å². The molecule has 0 aliphatic heterocycles. The maximum atomic E-state index is 5.90. The summed E-state index contributed by atoms with van der Waals surface area (Å²) in [6, 6.07) is 14.5. The molecule has 2 rings (SSSR count). The van der Waals surface area contributed by atoms with E-state index in [0.29, 0.717) is 10.7 Å². The van der Waals surface area contributed by atoms with Gasteiger partial charge in [0.25, 0.3) is 0 Å². The number of benzene rings is 2. The zero-order valence-electron chi connectivity index (χ0n) is 16.9. The molecule has 0 aliphatic carbocycles. The summed E-state index contributed by atoms with van der Waals surface area (Å²) in [6.45, 7) is 2.96. The minimum atomic E-state index is 0.0520. The number of nitrogens with zero attached hydrogens (tertiary/aromatic N) is 2. The number of unbranched alkanes of at least 4 members (excludes halogenated alkanes) is 5. The van der Waals surface area contributed by atoms with Crippen LogP contribution in [0, 0.1) is 0 Å². The quantitative estimate of drug-likeness (QED) is 0.273.